The standard InChI is InChI=1S/C14H15N3O2/c18-13(11-7-4-8-11)15-14-17-16-12(19-14)9-10-5-2-1-3-6-10/h1-3,5-6,11H,4,7-9H2,(H,15,17,18). The second-order valence-corrected chi connectivity index (χ2v) is 4.78. The van der Waals surface area contributed by atoms with Crippen molar-refractivity contribution in [3.05, 3.63) is 41.8 Å². The Bertz CT molecular complexity index is 561. The van der Waals surface area contributed by atoms with Crippen LogP contribution in [0.15, 0.2) is 34.7 Å². The first kappa shape index (κ1) is 11.9. The molecule has 98 valence electrons. The fraction of sp³-hybridized carbons (Fsp3) is 0.357. The Hall–Kier alpha value is -2.17. The minimum atomic E-state index is -0.0128. The van der Waals surface area contributed by atoms with Crippen molar-refractivity contribution in [1.82, 2.24) is 10.2 Å². The van der Waals surface area contributed by atoms with E-state index in [0.29, 0.717) is 12.3 Å². The Morgan fingerprint density at radius 3 is 2.74 bits per heavy atom. The fourth-order valence-electron chi connectivity index (χ4n) is 2.02. The van der Waals surface area contributed by atoms with Crippen molar-refractivity contribution in [2.45, 2.75) is 25.7 Å². The smallest absolute Gasteiger partial charge is 0.322 e. The van der Waals surface area contributed by atoms with Crippen LogP contribution in [0.2, 0.25) is 0 Å². The monoisotopic (exact) mass is 257 g/mol. The van der Waals surface area contributed by atoms with Gasteiger partial charge in [-0.05, 0) is 18.4 Å². The predicted molar refractivity (Wildman–Crippen MR) is 69.5 cm³/mol. The van der Waals surface area contributed by atoms with Crippen molar-refractivity contribution < 1.29 is 9.21 Å². The molecule has 1 heterocycles. The third kappa shape index (κ3) is 2.81. The number of amides is 1. The molecule has 2 aromatic rings. The number of benzene rings is 1. The molecule has 0 aliphatic heterocycles. The summed E-state index contributed by atoms with van der Waals surface area (Å²) in [5.74, 6) is 0.612. The number of nitrogens with one attached hydrogen (secondary N) is 1. The van der Waals surface area contributed by atoms with E-state index in [1.807, 2.05) is 30.3 Å². The van der Waals surface area contributed by atoms with Crippen molar-refractivity contribution >= 4 is 11.9 Å². The zero-order chi connectivity index (χ0) is 13.1. The lowest BCUT2D eigenvalue weighted by atomic mass is 9.85. The number of hydrogen-bond acceptors (Lipinski definition) is 4. The number of aromatic nitrogens is 2. The topological polar surface area (TPSA) is 68.0 Å². The lowest BCUT2D eigenvalue weighted by Gasteiger charge is -2.22. The van der Waals surface area contributed by atoms with E-state index in [1.54, 1.807) is 0 Å². The van der Waals surface area contributed by atoms with Crippen LogP contribution in [0.4, 0.5) is 6.01 Å². The van der Waals surface area contributed by atoms with E-state index >= 15 is 0 Å². The molecule has 1 saturated carbocycles. The predicted octanol–water partition coefficient (Wildman–Crippen LogP) is 2.40. The highest BCUT2D eigenvalue weighted by atomic mass is 16.4. The van der Waals surface area contributed by atoms with Gasteiger partial charge in [0.1, 0.15) is 0 Å². The molecule has 1 aromatic heterocycles. The van der Waals surface area contributed by atoms with E-state index in [4.69, 9.17) is 4.42 Å². The molecule has 1 amide bonds. The molecule has 1 N–H and O–H groups in total. The van der Waals surface area contributed by atoms with E-state index in [9.17, 15) is 4.79 Å². The second kappa shape index (κ2) is 5.22. The van der Waals surface area contributed by atoms with Gasteiger partial charge in [-0.2, -0.15) is 0 Å². The SMILES string of the molecule is O=C(Nc1nnc(Cc2ccccc2)o1)C1CCC1. The highest BCUT2D eigenvalue weighted by Gasteiger charge is 2.26. The summed E-state index contributed by atoms with van der Waals surface area (Å²) in [4.78, 5) is 11.7. The molecule has 1 aliphatic carbocycles. The van der Waals surface area contributed by atoms with Gasteiger partial charge in [-0.3, -0.25) is 10.1 Å². The summed E-state index contributed by atoms with van der Waals surface area (Å²) in [6, 6.07) is 10.1. The minimum absolute atomic E-state index is 0.0128. The quantitative estimate of drug-likeness (QED) is 0.913. The first-order chi connectivity index (χ1) is 9.31. The molecular weight excluding hydrogens is 242 g/mol. The first-order valence-electron chi connectivity index (χ1n) is 6.48. The van der Waals surface area contributed by atoms with Crippen molar-refractivity contribution in [1.29, 1.82) is 0 Å². The Morgan fingerprint density at radius 2 is 2.05 bits per heavy atom. The lowest BCUT2D eigenvalue weighted by Crippen LogP contribution is -2.28. The van der Waals surface area contributed by atoms with E-state index in [-0.39, 0.29) is 17.8 Å². The van der Waals surface area contributed by atoms with E-state index in [2.05, 4.69) is 15.5 Å². The normalized spacial score (nSPS) is 14.9. The Kier molecular flexibility index (Phi) is 3.27. The van der Waals surface area contributed by atoms with Crippen molar-refractivity contribution in [2.75, 3.05) is 5.32 Å². The molecule has 3 rings (SSSR count). The number of rotatable bonds is 4. The third-order valence-electron chi connectivity index (χ3n) is 3.37. The van der Waals surface area contributed by atoms with Crippen molar-refractivity contribution in [2.24, 2.45) is 5.92 Å². The largest absolute Gasteiger partial charge is 0.407 e. The molecule has 19 heavy (non-hydrogen) atoms. The second-order valence-electron chi connectivity index (χ2n) is 4.78. The van der Waals surface area contributed by atoms with Crippen molar-refractivity contribution in [3.63, 3.8) is 0 Å². The summed E-state index contributed by atoms with van der Waals surface area (Å²) in [5, 5.41) is 10.5. The first-order valence-corrected chi connectivity index (χ1v) is 6.48. The average molecular weight is 257 g/mol. The van der Waals surface area contributed by atoms with Gasteiger partial charge in [0.2, 0.25) is 11.8 Å². The summed E-state index contributed by atoms with van der Waals surface area (Å²) >= 11 is 0. The van der Waals surface area contributed by atoms with Crippen LogP contribution in [0.5, 0.6) is 0 Å². The van der Waals surface area contributed by atoms with Gasteiger partial charge in [-0.25, -0.2) is 0 Å². The number of anilines is 1. The summed E-state index contributed by atoms with van der Waals surface area (Å²) in [5.41, 5.74) is 1.10. The number of nitrogens with zero attached hydrogens (tertiary/aromatic N) is 2. The van der Waals surface area contributed by atoms with Gasteiger partial charge < -0.3 is 4.42 Å². The van der Waals surface area contributed by atoms with Crippen LogP contribution in [0.3, 0.4) is 0 Å². The number of hydrogen-bond donors (Lipinski definition) is 1. The third-order valence-corrected chi connectivity index (χ3v) is 3.37. The zero-order valence-electron chi connectivity index (χ0n) is 10.5. The molecule has 0 bridgehead atoms. The van der Waals surface area contributed by atoms with Gasteiger partial charge >= 0.3 is 6.01 Å². The average Bonchev–Trinajstić information content (AvgIpc) is 2.75. The van der Waals surface area contributed by atoms with Gasteiger partial charge in [0.25, 0.3) is 0 Å². The summed E-state index contributed by atoms with van der Waals surface area (Å²) in [7, 11) is 0. The van der Waals surface area contributed by atoms with Gasteiger partial charge in [-0.15, -0.1) is 5.10 Å². The van der Waals surface area contributed by atoms with Gasteiger partial charge in [0.05, 0.1) is 6.42 Å². The van der Waals surface area contributed by atoms with Crippen LogP contribution < -0.4 is 5.32 Å². The molecule has 0 atom stereocenters. The summed E-state index contributed by atoms with van der Waals surface area (Å²) in [6.07, 6.45) is 3.61. The molecule has 1 fully saturated rings. The maximum atomic E-state index is 11.7. The highest BCUT2D eigenvalue weighted by molar-refractivity contribution is 5.91. The van der Waals surface area contributed by atoms with Crippen LogP contribution in [-0.4, -0.2) is 16.1 Å². The van der Waals surface area contributed by atoms with E-state index in [0.717, 1.165) is 24.8 Å². The molecule has 0 radical (unpaired) electrons. The van der Waals surface area contributed by atoms with Crippen molar-refractivity contribution in [3.8, 4) is 0 Å². The molecule has 0 spiro atoms. The molecule has 0 saturated heterocycles. The van der Waals surface area contributed by atoms with Crippen LogP contribution in [-0.2, 0) is 11.2 Å². The van der Waals surface area contributed by atoms with E-state index < -0.39 is 0 Å². The number of carbonyl (C=O) groups excluding carboxylic acids is 1. The Morgan fingerprint density at radius 1 is 1.26 bits per heavy atom. The Balaban J connectivity index is 1.61. The molecule has 1 aliphatic rings. The highest BCUT2D eigenvalue weighted by Crippen LogP contribution is 2.27. The summed E-state index contributed by atoms with van der Waals surface area (Å²) in [6.45, 7) is 0. The van der Waals surface area contributed by atoms with Crippen LogP contribution >= 0.6 is 0 Å². The van der Waals surface area contributed by atoms with E-state index in [1.165, 1.54) is 0 Å². The van der Waals surface area contributed by atoms with Gasteiger partial charge in [0.15, 0.2) is 0 Å². The zero-order valence-corrected chi connectivity index (χ0v) is 10.5. The molecular formula is C14H15N3O2. The molecule has 1 aromatic carbocycles. The van der Waals surface area contributed by atoms with Crippen LogP contribution in [0.25, 0.3) is 0 Å². The molecule has 5 nitrogen and oxygen atoms in total. The Labute approximate surface area is 111 Å². The van der Waals surface area contributed by atoms with Crippen LogP contribution in [0, 0.1) is 5.92 Å². The summed E-state index contributed by atoms with van der Waals surface area (Å²) < 4.78 is 5.42. The number of carbonyl (C=O) groups is 1. The van der Waals surface area contributed by atoms with Crippen LogP contribution in [0.1, 0.15) is 30.7 Å². The maximum absolute atomic E-state index is 11.7. The van der Waals surface area contributed by atoms with Gasteiger partial charge in [0, 0.05) is 5.92 Å². The van der Waals surface area contributed by atoms with Gasteiger partial charge in [-0.1, -0.05) is 41.9 Å². The lowest BCUT2D eigenvalue weighted by molar-refractivity contribution is -0.122. The molecule has 5 heteroatoms. The fourth-order valence-corrected chi connectivity index (χ4v) is 2.02. The molecule has 0 unspecified atom stereocenters. The minimum Gasteiger partial charge on any atom is -0.407 e. The maximum Gasteiger partial charge on any atom is 0.322 e.